The van der Waals surface area contributed by atoms with Gasteiger partial charge in [0, 0.05) is 11.8 Å². The van der Waals surface area contributed by atoms with Crippen LogP contribution in [-0.2, 0) is 14.3 Å². The van der Waals surface area contributed by atoms with Crippen molar-refractivity contribution in [3.05, 3.63) is 6.08 Å². The van der Waals surface area contributed by atoms with Crippen LogP contribution in [0, 0.1) is 0 Å². The molecule has 0 aliphatic carbocycles. The van der Waals surface area contributed by atoms with Crippen molar-refractivity contribution in [3.8, 4) is 0 Å². The first kappa shape index (κ1) is 12.4. The van der Waals surface area contributed by atoms with Crippen molar-refractivity contribution in [1.29, 1.82) is 0 Å². The molecule has 0 N–H and O–H groups in total. The highest BCUT2D eigenvalue weighted by molar-refractivity contribution is 9.09. The van der Waals surface area contributed by atoms with Crippen LogP contribution in [0.2, 0.25) is 0 Å². The van der Waals surface area contributed by atoms with Gasteiger partial charge < -0.3 is 4.74 Å². The number of carbonyl (C=O) groups excluding carboxylic acids is 2. The highest BCUT2D eigenvalue weighted by Crippen LogP contribution is 1.98. The van der Waals surface area contributed by atoms with Gasteiger partial charge in [0.15, 0.2) is 0 Å². The topological polar surface area (TPSA) is 43.4 Å². The quantitative estimate of drug-likeness (QED) is 0.299. The largest absolute Gasteiger partial charge is 0.466 e. The van der Waals surface area contributed by atoms with Crippen molar-refractivity contribution < 1.29 is 14.3 Å². The fraction of sp³-hybridized carbons (Fsp3) is 0.667. The normalized spacial score (nSPS) is 9.00. The molecule has 74 valence electrons. The van der Waals surface area contributed by atoms with E-state index in [0.29, 0.717) is 25.9 Å². The lowest BCUT2D eigenvalue weighted by atomic mass is 10.3. The molecule has 3 nitrogen and oxygen atoms in total. The number of allylic oxidation sites excluding steroid dienone is 1. The fourth-order valence-corrected chi connectivity index (χ4v) is 0.994. The number of ether oxygens (including phenoxy) is 1. The van der Waals surface area contributed by atoms with Crippen molar-refractivity contribution in [3.63, 3.8) is 0 Å². The van der Waals surface area contributed by atoms with Gasteiger partial charge in [-0.05, 0) is 25.3 Å². The smallest absolute Gasteiger partial charge is 0.305 e. The molecule has 13 heavy (non-hydrogen) atoms. The van der Waals surface area contributed by atoms with Gasteiger partial charge in [-0.2, -0.15) is 0 Å². The van der Waals surface area contributed by atoms with Crippen molar-refractivity contribution in [1.82, 2.24) is 0 Å². The van der Waals surface area contributed by atoms with E-state index in [0.717, 1.165) is 11.8 Å². The zero-order chi connectivity index (χ0) is 9.94. The summed E-state index contributed by atoms with van der Waals surface area (Å²) in [5, 5.41) is 0.815. The van der Waals surface area contributed by atoms with Gasteiger partial charge >= 0.3 is 5.97 Å². The van der Waals surface area contributed by atoms with E-state index in [4.69, 9.17) is 4.74 Å². The Labute approximate surface area is 86.3 Å². The Morgan fingerprint density at radius 2 is 2.23 bits per heavy atom. The third kappa shape index (κ3) is 9.31. The molecule has 0 spiro atoms. The average molecular weight is 249 g/mol. The molecule has 0 unspecified atom stereocenters. The summed E-state index contributed by atoms with van der Waals surface area (Å²) in [6.45, 7) is 0.388. The minimum absolute atomic E-state index is 0.172. The van der Waals surface area contributed by atoms with E-state index in [1.165, 1.54) is 6.08 Å². The second kappa shape index (κ2) is 9.49. The second-order valence-electron chi connectivity index (χ2n) is 2.48. The van der Waals surface area contributed by atoms with E-state index in [9.17, 15) is 9.59 Å². The van der Waals surface area contributed by atoms with Gasteiger partial charge in [0.25, 0.3) is 0 Å². The molecule has 0 amide bonds. The van der Waals surface area contributed by atoms with Crippen LogP contribution in [0.5, 0.6) is 0 Å². The number of carbonyl (C=O) groups is 1. The first-order valence-electron chi connectivity index (χ1n) is 4.22. The fourth-order valence-electron chi connectivity index (χ4n) is 0.714. The van der Waals surface area contributed by atoms with Crippen molar-refractivity contribution in [2.24, 2.45) is 0 Å². The lowest BCUT2D eigenvalue weighted by molar-refractivity contribution is -0.143. The van der Waals surface area contributed by atoms with Crippen molar-refractivity contribution in [2.75, 3.05) is 11.9 Å². The van der Waals surface area contributed by atoms with Crippen LogP contribution in [-0.4, -0.2) is 23.8 Å². The van der Waals surface area contributed by atoms with E-state index in [-0.39, 0.29) is 5.97 Å². The molecule has 0 fully saturated rings. The molecule has 0 saturated heterocycles. The van der Waals surface area contributed by atoms with E-state index >= 15 is 0 Å². The maximum Gasteiger partial charge on any atom is 0.305 e. The summed E-state index contributed by atoms with van der Waals surface area (Å²) in [5.41, 5.74) is 0. The number of hydrogen-bond acceptors (Lipinski definition) is 3. The predicted molar refractivity (Wildman–Crippen MR) is 53.5 cm³/mol. The zero-order valence-electron chi connectivity index (χ0n) is 7.42. The van der Waals surface area contributed by atoms with Crippen LogP contribution in [0.15, 0.2) is 6.08 Å². The molecule has 0 heterocycles. The summed E-state index contributed by atoms with van der Waals surface area (Å²) >= 11 is 3.22. The minimum atomic E-state index is -0.172. The predicted octanol–water partition coefficient (Wildman–Crippen LogP) is 1.87. The summed E-state index contributed by atoms with van der Waals surface area (Å²) in [5.74, 6) is 1.50. The van der Waals surface area contributed by atoms with E-state index in [2.05, 4.69) is 15.9 Å². The molecule has 4 heteroatoms. The molecular weight excluding hydrogens is 236 g/mol. The maximum atomic E-state index is 10.9. The van der Waals surface area contributed by atoms with Gasteiger partial charge in [-0.25, -0.2) is 4.79 Å². The van der Waals surface area contributed by atoms with Crippen LogP contribution >= 0.6 is 15.9 Å². The Morgan fingerprint density at radius 1 is 1.46 bits per heavy atom. The third-order valence-corrected chi connectivity index (χ3v) is 1.91. The molecule has 0 aromatic heterocycles. The number of hydrogen-bond donors (Lipinski definition) is 0. The Balaban J connectivity index is 3.21. The molecule has 0 radical (unpaired) electrons. The average Bonchev–Trinajstić information content (AvgIpc) is 2.14. The Morgan fingerprint density at radius 3 is 2.85 bits per heavy atom. The molecule has 0 aromatic carbocycles. The van der Waals surface area contributed by atoms with Gasteiger partial charge in [0.05, 0.1) is 6.61 Å². The third-order valence-electron chi connectivity index (χ3n) is 1.35. The van der Waals surface area contributed by atoms with Gasteiger partial charge in [0.2, 0.25) is 0 Å². The first-order valence-corrected chi connectivity index (χ1v) is 5.34. The Kier molecular flexibility index (Phi) is 9.05. The number of halogens is 1. The minimum Gasteiger partial charge on any atom is -0.466 e. The lowest BCUT2D eigenvalue weighted by Crippen LogP contribution is -2.05. The van der Waals surface area contributed by atoms with Gasteiger partial charge in [-0.15, -0.1) is 0 Å². The highest BCUT2D eigenvalue weighted by atomic mass is 79.9. The Bertz CT molecular complexity index is 185. The van der Waals surface area contributed by atoms with Crippen LogP contribution in [0.1, 0.15) is 25.7 Å². The number of unbranched alkanes of at least 4 members (excludes halogenated alkanes) is 1. The van der Waals surface area contributed by atoms with E-state index in [1.807, 2.05) is 0 Å². The van der Waals surface area contributed by atoms with Crippen molar-refractivity contribution >= 4 is 27.8 Å². The number of alkyl halides is 1. The maximum absolute atomic E-state index is 10.9. The Hall–Kier alpha value is -0.600. The molecule has 0 rings (SSSR count). The molecule has 0 aliphatic rings. The summed E-state index contributed by atoms with van der Waals surface area (Å²) in [4.78, 5) is 20.7. The van der Waals surface area contributed by atoms with Gasteiger partial charge in [-0.1, -0.05) is 15.9 Å². The SMILES string of the molecule is O=C=CCCCOC(=O)CCCBr. The molecule has 0 aromatic rings. The molecule has 0 bridgehead atoms. The van der Waals surface area contributed by atoms with Crippen molar-refractivity contribution in [2.45, 2.75) is 25.7 Å². The number of esters is 1. The van der Waals surface area contributed by atoms with E-state index in [1.54, 1.807) is 5.94 Å². The molecule has 0 atom stereocenters. The highest BCUT2D eigenvalue weighted by Gasteiger charge is 2.00. The monoisotopic (exact) mass is 248 g/mol. The molecule has 0 saturated carbocycles. The van der Waals surface area contributed by atoms with Crippen LogP contribution in [0.4, 0.5) is 0 Å². The van der Waals surface area contributed by atoms with Crippen LogP contribution in [0.25, 0.3) is 0 Å². The molecule has 0 aliphatic heterocycles. The van der Waals surface area contributed by atoms with Gasteiger partial charge in [-0.3, -0.25) is 4.79 Å². The van der Waals surface area contributed by atoms with Crippen LogP contribution in [0.3, 0.4) is 0 Å². The summed E-state index contributed by atoms with van der Waals surface area (Å²) in [6, 6.07) is 0. The first-order chi connectivity index (χ1) is 6.31. The summed E-state index contributed by atoms with van der Waals surface area (Å²) < 4.78 is 4.88. The summed E-state index contributed by atoms with van der Waals surface area (Å²) in [7, 11) is 0. The molecular formula is C9H13BrO3. The lowest BCUT2D eigenvalue weighted by Gasteiger charge is -2.01. The summed E-state index contributed by atoms with van der Waals surface area (Å²) in [6.07, 6.45) is 3.96. The zero-order valence-corrected chi connectivity index (χ0v) is 9.01. The standard InChI is InChI=1S/C9H13BrO3/c10-6-4-5-9(12)13-8-3-1-2-7-11/h2H,1,3-6,8H2. The second-order valence-corrected chi connectivity index (χ2v) is 3.27. The van der Waals surface area contributed by atoms with Crippen LogP contribution < -0.4 is 0 Å². The van der Waals surface area contributed by atoms with E-state index < -0.39 is 0 Å². The number of rotatable bonds is 7. The van der Waals surface area contributed by atoms with Gasteiger partial charge in [0.1, 0.15) is 5.94 Å².